The molecule has 1 saturated heterocycles. The molecule has 6 nitrogen and oxygen atoms in total. The minimum atomic E-state index is -0.901. The standard InChI is InChI=1S/C12H23N3O3/c1-8(11(16)17)9(2)13-12(18)14-10-4-6-15(3)7-5-10/h8-10H,4-7H2,1-3H3,(H,16,17)(H2,13,14,18). The van der Waals surface area contributed by atoms with E-state index in [1.165, 1.54) is 0 Å². The Kier molecular flexibility index (Phi) is 5.40. The number of amides is 2. The van der Waals surface area contributed by atoms with Gasteiger partial charge in [-0.2, -0.15) is 0 Å². The molecule has 0 aliphatic carbocycles. The molecule has 2 unspecified atom stereocenters. The Labute approximate surface area is 108 Å². The lowest BCUT2D eigenvalue weighted by molar-refractivity contribution is -0.141. The van der Waals surface area contributed by atoms with Crippen LogP contribution in [0.1, 0.15) is 26.7 Å². The van der Waals surface area contributed by atoms with Gasteiger partial charge in [-0.1, -0.05) is 0 Å². The van der Waals surface area contributed by atoms with Crippen molar-refractivity contribution in [3.05, 3.63) is 0 Å². The number of carboxylic acid groups (broad SMARTS) is 1. The lowest BCUT2D eigenvalue weighted by Crippen LogP contribution is -2.50. The number of piperidine rings is 1. The van der Waals surface area contributed by atoms with E-state index in [2.05, 4.69) is 22.6 Å². The maximum atomic E-state index is 11.7. The summed E-state index contributed by atoms with van der Waals surface area (Å²) in [5, 5.41) is 14.4. The number of nitrogens with one attached hydrogen (secondary N) is 2. The molecule has 0 spiro atoms. The number of carboxylic acids is 1. The average Bonchev–Trinajstić information content (AvgIpc) is 2.30. The maximum Gasteiger partial charge on any atom is 0.315 e. The lowest BCUT2D eigenvalue weighted by Gasteiger charge is -2.30. The van der Waals surface area contributed by atoms with Crippen LogP contribution in [0.4, 0.5) is 4.79 Å². The second-order valence-electron chi connectivity index (χ2n) is 5.11. The van der Waals surface area contributed by atoms with E-state index in [9.17, 15) is 9.59 Å². The number of urea groups is 1. The highest BCUT2D eigenvalue weighted by molar-refractivity contribution is 5.76. The molecule has 0 saturated carbocycles. The van der Waals surface area contributed by atoms with Crippen LogP contribution in [-0.2, 0) is 4.79 Å². The Morgan fingerprint density at radius 3 is 2.33 bits per heavy atom. The molecule has 1 heterocycles. The van der Waals surface area contributed by atoms with E-state index in [4.69, 9.17) is 5.11 Å². The van der Waals surface area contributed by atoms with E-state index < -0.39 is 11.9 Å². The van der Waals surface area contributed by atoms with Gasteiger partial charge in [-0.3, -0.25) is 4.79 Å². The minimum Gasteiger partial charge on any atom is -0.481 e. The van der Waals surface area contributed by atoms with Gasteiger partial charge in [0, 0.05) is 12.1 Å². The van der Waals surface area contributed by atoms with Crippen LogP contribution in [-0.4, -0.2) is 54.2 Å². The number of carbonyl (C=O) groups excluding carboxylic acids is 1. The Bertz CT molecular complexity index is 301. The van der Waals surface area contributed by atoms with Gasteiger partial charge < -0.3 is 20.6 Å². The second-order valence-corrected chi connectivity index (χ2v) is 5.11. The fourth-order valence-electron chi connectivity index (χ4n) is 1.93. The molecule has 0 aromatic carbocycles. The normalized spacial score (nSPS) is 21.1. The summed E-state index contributed by atoms with van der Waals surface area (Å²) < 4.78 is 0. The number of likely N-dealkylation sites (tertiary alicyclic amines) is 1. The minimum absolute atomic E-state index is 0.188. The van der Waals surface area contributed by atoms with Crippen molar-refractivity contribution in [3.8, 4) is 0 Å². The van der Waals surface area contributed by atoms with Gasteiger partial charge in [-0.25, -0.2) is 4.79 Å². The van der Waals surface area contributed by atoms with Crippen LogP contribution in [0.5, 0.6) is 0 Å². The highest BCUT2D eigenvalue weighted by Gasteiger charge is 2.23. The van der Waals surface area contributed by atoms with Gasteiger partial charge in [0.05, 0.1) is 5.92 Å². The predicted molar refractivity (Wildman–Crippen MR) is 68.4 cm³/mol. The third-order valence-corrected chi connectivity index (χ3v) is 3.55. The molecule has 1 aliphatic heterocycles. The zero-order chi connectivity index (χ0) is 13.7. The van der Waals surface area contributed by atoms with E-state index in [1.54, 1.807) is 13.8 Å². The first-order valence-electron chi connectivity index (χ1n) is 6.38. The van der Waals surface area contributed by atoms with Crippen LogP contribution in [0.2, 0.25) is 0 Å². The van der Waals surface area contributed by atoms with Crippen LogP contribution in [0.3, 0.4) is 0 Å². The summed E-state index contributed by atoms with van der Waals surface area (Å²) in [7, 11) is 2.06. The number of carbonyl (C=O) groups is 2. The van der Waals surface area contributed by atoms with E-state index in [0.717, 1.165) is 25.9 Å². The van der Waals surface area contributed by atoms with E-state index in [1.807, 2.05) is 0 Å². The largest absolute Gasteiger partial charge is 0.481 e. The Balaban J connectivity index is 2.31. The number of hydrogen-bond donors (Lipinski definition) is 3. The zero-order valence-electron chi connectivity index (χ0n) is 11.3. The summed E-state index contributed by atoms with van der Waals surface area (Å²) in [6.07, 6.45) is 1.87. The third-order valence-electron chi connectivity index (χ3n) is 3.55. The summed E-state index contributed by atoms with van der Waals surface area (Å²) in [4.78, 5) is 24.7. The molecule has 1 aliphatic rings. The summed E-state index contributed by atoms with van der Waals surface area (Å²) >= 11 is 0. The molecule has 18 heavy (non-hydrogen) atoms. The van der Waals surface area contributed by atoms with E-state index in [0.29, 0.717) is 0 Å². The van der Waals surface area contributed by atoms with Crippen LogP contribution in [0.25, 0.3) is 0 Å². The van der Waals surface area contributed by atoms with E-state index >= 15 is 0 Å². The van der Waals surface area contributed by atoms with Crippen molar-refractivity contribution in [2.75, 3.05) is 20.1 Å². The smallest absolute Gasteiger partial charge is 0.315 e. The van der Waals surface area contributed by atoms with Gasteiger partial charge in [0.25, 0.3) is 0 Å². The van der Waals surface area contributed by atoms with Crippen molar-refractivity contribution in [1.29, 1.82) is 0 Å². The first-order chi connectivity index (χ1) is 8.40. The van der Waals surface area contributed by atoms with Gasteiger partial charge in [-0.15, -0.1) is 0 Å². The molecular weight excluding hydrogens is 234 g/mol. The number of hydrogen-bond acceptors (Lipinski definition) is 3. The van der Waals surface area contributed by atoms with Crippen molar-refractivity contribution < 1.29 is 14.7 Å². The van der Waals surface area contributed by atoms with Gasteiger partial charge >= 0.3 is 12.0 Å². The molecule has 0 bridgehead atoms. The van der Waals surface area contributed by atoms with Crippen LogP contribution in [0, 0.1) is 5.92 Å². The molecule has 0 radical (unpaired) electrons. The molecule has 1 rings (SSSR count). The topological polar surface area (TPSA) is 81.7 Å². The van der Waals surface area contributed by atoms with Crippen LogP contribution >= 0.6 is 0 Å². The first-order valence-corrected chi connectivity index (χ1v) is 6.38. The fourth-order valence-corrected chi connectivity index (χ4v) is 1.93. The second kappa shape index (κ2) is 6.58. The fraction of sp³-hybridized carbons (Fsp3) is 0.833. The molecule has 104 valence electrons. The van der Waals surface area contributed by atoms with Gasteiger partial charge in [0.2, 0.25) is 0 Å². The average molecular weight is 257 g/mol. The number of nitrogens with zero attached hydrogens (tertiary/aromatic N) is 1. The van der Waals surface area contributed by atoms with Crippen molar-refractivity contribution in [2.45, 2.75) is 38.8 Å². The summed E-state index contributed by atoms with van der Waals surface area (Å²) in [6.45, 7) is 5.24. The van der Waals surface area contributed by atoms with E-state index in [-0.39, 0.29) is 18.1 Å². The first kappa shape index (κ1) is 14.8. The number of aliphatic carboxylic acids is 1. The highest BCUT2D eigenvalue weighted by atomic mass is 16.4. The van der Waals surface area contributed by atoms with Crippen molar-refractivity contribution in [2.24, 2.45) is 5.92 Å². The Morgan fingerprint density at radius 1 is 1.28 bits per heavy atom. The van der Waals surface area contributed by atoms with Gasteiger partial charge in [0.15, 0.2) is 0 Å². The van der Waals surface area contributed by atoms with Crippen molar-refractivity contribution in [3.63, 3.8) is 0 Å². The molecule has 6 heteroatoms. The third kappa shape index (κ3) is 4.52. The molecule has 2 atom stereocenters. The molecule has 0 aromatic rings. The molecule has 3 N–H and O–H groups in total. The zero-order valence-corrected chi connectivity index (χ0v) is 11.3. The number of rotatable bonds is 4. The molecule has 0 aromatic heterocycles. The van der Waals surface area contributed by atoms with Crippen LogP contribution < -0.4 is 10.6 Å². The summed E-state index contributed by atoms with van der Waals surface area (Å²) in [5.41, 5.74) is 0. The monoisotopic (exact) mass is 257 g/mol. The van der Waals surface area contributed by atoms with Crippen molar-refractivity contribution >= 4 is 12.0 Å². The Morgan fingerprint density at radius 2 is 1.83 bits per heavy atom. The van der Waals surface area contributed by atoms with Gasteiger partial charge in [-0.05, 0) is 46.8 Å². The van der Waals surface area contributed by atoms with Crippen molar-refractivity contribution in [1.82, 2.24) is 15.5 Å². The molecule has 2 amide bonds. The molecular formula is C12H23N3O3. The lowest BCUT2D eigenvalue weighted by atomic mass is 10.0. The highest BCUT2D eigenvalue weighted by Crippen LogP contribution is 2.08. The quantitative estimate of drug-likeness (QED) is 0.684. The maximum absolute atomic E-state index is 11.7. The summed E-state index contributed by atoms with van der Waals surface area (Å²) in [5.74, 6) is -1.49. The Hall–Kier alpha value is -1.30. The van der Waals surface area contributed by atoms with Crippen LogP contribution in [0.15, 0.2) is 0 Å². The molecule has 1 fully saturated rings. The summed E-state index contributed by atoms with van der Waals surface area (Å²) in [6, 6.07) is -0.465. The van der Waals surface area contributed by atoms with Gasteiger partial charge in [0.1, 0.15) is 0 Å². The predicted octanol–water partition coefficient (Wildman–Crippen LogP) is 0.489. The SMILES string of the molecule is CC(NC(=O)NC1CCN(C)CC1)C(C)C(=O)O.